The van der Waals surface area contributed by atoms with Crippen LogP contribution >= 0.6 is 11.3 Å². The highest BCUT2D eigenvalue weighted by Crippen LogP contribution is 2.38. The molecule has 15 heavy (non-hydrogen) atoms. The third-order valence-corrected chi connectivity index (χ3v) is 3.48. The molecule has 0 spiro atoms. The number of hydrogen-bond donors (Lipinski definition) is 0. The predicted octanol–water partition coefficient (Wildman–Crippen LogP) is 3.17. The van der Waals surface area contributed by atoms with Crippen molar-refractivity contribution in [2.45, 2.75) is 6.92 Å². The number of methoxy groups -OCH3 is 1. The Morgan fingerprint density at radius 1 is 1.47 bits per heavy atom. The second kappa shape index (κ2) is 3.62. The monoisotopic (exact) mass is 224 g/mol. The standard InChI is InChI=1S/C11H9FO2S/c1-6-3-7(12)4-8-10(14-2)9(5-13)15-11(6)8/h3-5H,1-2H3. The molecule has 0 saturated carbocycles. The third-order valence-electron chi connectivity index (χ3n) is 2.23. The summed E-state index contributed by atoms with van der Waals surface area (Å²) < 4.78 is 19.2. The van der Waals surface area contributed by atoms with Crippen LogP contribution in [-0.2, 0) is 0 Å². The van der Waals surface area contributed by atoms with Crippen LogP contribution in [0, 0.1) is 12.7 Å². The Morgan fingerprint density at radius 3 is 2.80 bits per heavy atom. The smallest absolute Gasteiger partial charge is 0.163 e. The van der Waals surface area contributed by atoms with E-state index in [-0.39, 0.29) is 5.82 Å². The van der Waals surface area contributed by atoms with Crippen LogP contribution in [0.2, 0.25) is 0 Å². The minimum atomic E-state index is -0.312. The number of hydrogen-bond acceptors (Lipinski definition) is 3. The number of benzene rings is 1. The minimum absolute atomic E-state index is 0.312. The molecule has 0 fully saturated rings. The van der Waals surface area contributed by atoms with Gasteiger partial charge in [0, 0.05) is 10.1 Å². The largest absolute Gasteiger partial charge is 0.494 e. The van der Waals surface area contributed by atoms with Gasteiger partial charge in [0.15, 0.2) is 6.29 Å². The molecule has 4 heteroatoms. The zero-order chi connectivity index (χ0) is 11.0. The van der Waals surface area contributed by atoms with Gasteiger partial charge in [0.25, 0.3) is 0 Å². The summed E-state index contributed by atoms with van der Waals surface area (Å²) in [6.07, 6.45) is 0.737. The summed E-state index contributed by atoms with van der Waals surface area (Å²) in [5, 5.41) is 0.669. The number of thiophene rings is 1. The summed E-state index contributed by atoms with van der Waals surface area (Å²) in [5.74, 6) is 0.154. The average molecular weight is 224 g/mol. The van der Waals surface area contributed by atoms with Crippen molar-refractivity contribution in [1.82, 2.24) is 0 Å². The number of halogens is 1. The molecular formula is C11H9FO2S. The Morgan fingerprint density at radius 2 is 2.20 bits per heavy atom. The second-order valence-corrected chi connectivity index (χ2v) is 4.27. The van der Waals surface area contributed by atoms with Gasteiger partial charge in [-0.05, 0) is 24.6 Å². The summed E-state index contributed by atoms with van der Waals surface area (Å²) >= 11 is 1.32. The lowest BCUT2D eigenvalue weighted by Crippen LogP contribution is -1.85. The van der Waals surface area contributed by atoms with Gasteiger partial charge < -0.3 is 4.74 Å². The maximum atomic E-state index is 13.2. The molecule has 0 N–H and O–H groups in total. The molecule has 0 atom stereocenters. The quantitative estimate of drug-likeness (QED) is 0.732. The molecule has 0 bridgehead atoms. The molecule has 2 rings (SSSR count). The predicted molar refractivity (Wildman–Crippen MR) is 58.5 cm³/mol. The van der Waals surface area contributed by atoms with Crippen molar-refractivity contribution in [3.63, 3.8) is 0 Å². The molecule has 0 amide bonds. The van der Waals surface area contributed by atoms with E-state index < -0.39 is 0 Å². The van der Waals surface area contributed by atoms with Crippen LogP contribution in [0.5, 0.6) is 5.75 Å². The number of aldehydes is 1. The molecule has 1 aromatic heterocycles. The molecule has 0 aliphatic heterocycles. The molecule has 78 valence electrons. The van der Waals surface area contributed by atoms with Crippen molar-refractivity contribution >= 4 is 27.7 Å². The van der Waals surface area contributed by atoms with Gasteiger partial charge in [-0.2, -0.15) is 0 Å². The average Bonchev–Trinajstić information content (AvgIpc) is 2.55. The van der Waals surface area contributed by atoms with Crippen LogP contribution in [0.1, 0.15) is 15.2 Å². The number of rotatable bonds is 2. The van der Waals surface area contributed by atoms with Gasteiger partial charge in [-0.25, -0.2) is 4.39 Å². The van der Waals surface area contributed by atoms with Crippen molar-refractivity contribution in [3.05, 3.63) is 28.4 Å². The Kier molecular flexibility index (Phi) is 2.44. The van der Waals surface area contributed by atoms with Gasteiger partial charge in [-0.15, -0.1) is 11.3 Å². The van der Waals surface area contributed by atoms with E-state index in [0.717, 1.165) is 16.5 Å². The highest BCUT2D eigenvalue weighted by Gasteiger charge is 2.14. The van der Waals surface area contributed by atoms with E-state index in [4.69, 9.17) is 4.74 Å². The molecular weight excluding hydrogens is 215 g/mol. The van der Waals surface area contributed by atoms with Crippen LogP contribution in [0.4, 0.5) is 4.39 Å². The van der Waals surface area contributed by atoms with Crippen LogP contribution in [0.3, 0.4) is 0 Å². The number of ether oxygens (including phenoxy) is 1. The first-order valence-electron chi connectivity index (χ1n) is 4.39. The topological polar surface area (TPSA) is 26.3 Å². The Hall–Kier alpha value is -1.42. The van der Waals surface area contributed by atoms with E-state index in [0.29, 0.717) is 16.0 Å². The van der Waals surface area contributed by atoms with Crippen molar-refractivity contribution in [2.24, 2.45) is 0 Å². The highest BCUT2D eigenvalue weighted by molar-refractivity contribution is 7.21. The summed E-state index contributed by atoms with van der Waals surface area (Å²) in [4.78, 5) is 11.3. The third kappa shape index (κ3) is 1.51. The van der Waals surface area contributed by atoms with Gasteiger partial charge in [0.1, 0.15) is 16.4 Å². The van der Waals surface area contributed by atoms with Gasteiger partial charge in [0.05, 0.1) is 7.11 Å². The fourth-order valence-electron chi connectivity index (χ4n) is 1.61. The van der Waals surface area contributed by atoms with E-state index in [1.165, 1.54) is 30.6 Å². The van der Waals surface area contributed by atoms with E-state index in [1.54, 1.807) is 0 Å². The summed E-state index contributed by atoms with van der Waals surface area (Å²) in [6, 6.07) is 2.84. The van der Waals surface area contributed by atoms with Crippen LogP contribution in [-0.4, -0.2) is 13.4 Å². The molecule has 0 saturated heterocycles. The lowest BCUT2D eigenvalue weighted by molar-refractivity contribution is 0.112. The fourth-order valence-corrected chi connectivity index (χ4v) is 2.65. The van der Waals surface area contributed by atoms with Gasteiger partial charge in [-0.1, -0.05) is 0 Å². The molecule has 1 heterocycles. The first kappa shape index (κ1) is 10.1. The fraction of sp³-hybridized carbons (Fsp3) is 0.182. The van der Waals surface area contributed by atoms with Gasteiger partial charge in [-0.3, -0.25) is 4.79 Å². The van der Waals surface area contributed by atoms with E-state index >= 15 is 0 Å². The SMILES string of the molecule is COc1c(C=O)sc2c(C)cc(F)cc12. The molecule has 1 aromatic carbocycles. The maximum Gasteiger partial charge on any atom is 0.163 e. The Bertz CT molecular complexity index is 531. The van der Waals surface area contributed by atoms with Crippen LogP contribution in [0.15, 0.2) is 12.1 Å². The zero-order valence-corrected chi connectivity index (χ0v) is 9.15. The summed E-state index contributed by atoms with van der Waals surface area (Å²) in [5.41, 5.74) is 0.821. The number of carbonyl (C=O) groups is 1. The van der Waals surface area contributed by atoms with E-state index in [9.17, 15) is 9.18 Å². The Balaban J connectivity index is 2.88. The van der Waals surface area contributed by atoms with Crippen LogP contribution in [0.25, 0.3) is 10.1 Å². The van der Waals surface area contributed by atoms with Crippen molar-refractivity contribution in [2.75, 3.05) is 7.11 Å². The summed E-state index contributed by atoms with van der Waals surface area (Å²) in [6.45, 7) is 1.82. The first-order valence-corrected chi connectivity index (χ1v) is 5.21. The summed E-state index contributed by atoms with van der Waals surface area (Å²) in [7, 11) is 1.48. The van der Waals surface area contributed by atoms with Gasteiger partial charge >= 0.3 is 0 Å². The normalized spacial score (nSPS) is 10.6. The number of fused-ring (bicyclic) bond motifs is 1. The molecule has 0 aliphatic carbocycles. The Labute approximate surface area is 90.3 Å². The van der Waals surface area contributed by atoms with Crippen molar-refractivity contribution in [3.8, 4) is 5.75 Å². The lowest BCUT2D eigenvalue weighted by Gasteiger charge is -1.99. The highest BCUT2D eigenvalue weighted by atomic mass is 32.1. The second-order valence-electron chi connectivity index (χ2n) is 3.22. The lowest BCUT2D eigenvalue weighted by atomic mass is 10.1. The molecule has 0 unspecified atom stereocenters. The van der Waals surface area contributed by atoms with E-state index in [1.807, 2.05) is 6.92 Å². The number of carbonyl (C=O) groups excluding carboxylic acids is 1. The van der Waals surface area contributed by atoms with Gasteiger partial charge in [0.2, 0.25) is 0 Å². The van der Waals surface area contributed by atoms with Crippen molar-refractivity contribution in [1.29, 1.82) is 0 Å². The molecule has 0 aliphatic rings. The molecule has 0 radical (unpaired) electrons. The number of aryl methyl sites for hydroxylation is 1. The van der Waals surface area contributed by atoms with E-state index in [2.05, 4.69) is 0 Å². The molecule has 2 aromatic rings. The molecule has 2 nitrogen and oxygen atoms in total. The first-order chi connectivity index (χ1) is 7.17. The zero-order valence-electron chi connectivity index (χ0n) is 8.33. The minimum Gasteiger partial charge on any atom is -0.494 e. The maximum absolute atomic E-state index is 13.2. The van der Waals surface area contributed by atoms with Crippen LogP contribution < -0.4 is 4.74 Å². The van der Waals surface area contributed by atoms with Crippen molar-refractivity contribution < 1.29 is 13.9 Å².